The summed E-state index contributed by atoms with van der Waals surface area (Å²) in [6.07, 6.45) is 5.00. The Hall–Kier alpha value is -1.43. The van der Waals surface area contributed by atoms with Crippen molar-refractivity contribution in [3.63, 3.8) is 0 Å². The van der Waals surface area contributed by atoms with Crippen LogP contribution in [0.25, 0.3) is 0 Å². The summed E-state index contributed by atoms with van der Waals surface area (Å²) in [7, 11) is 1.53. The van der Waals surface area contributed by atoms with Gasteiger partial charge < -0.3 is 15.6 Å². The van der Waals surface area contributed by atoms with E-state index in [0.29, 0.717) is 5.89 Å². The Labute approximate surface area is 106 Å². The van der Waals surface area contributed by atoms with E-state index in [9.17, 15) is 4.79 Å². The molecule has 6 heteroatoms. The van der Waals surface area contributed by atoms with Crippen LogP contribution in [-0.2, 0) is 5.54 Å². The van der Waals surface area contributed by atoms with Crippen LogP contribution < -0.4 is 11.1 Å². The number of hydrogen-bond donors (Lipinski definition) is 2. The predicted octanol–water partition coefficient (Wildman–Crippen LogP) is 1.18. The molecule has 1 aliphatic carbocycles. The molecule has 0 radical (unpaired) electrons. The van der Waals surface area contributed by atoms with E-state index in [1.807, 2.05) is 0 Å². The molecule has 100 valence electrons. The Morgan fingerprint density at radius 1 is 1.56 bits per heavy atom. The summed E-state index contributed by atoms with van der Waals surface area (Å²) in [5, 5.41) is 6.13. The summed E-state index contributed by atoms with van der Waals surface area (Å²) in [6, 6.07) is 0. The zero-order chi connectivity index (χ0) is 13.2. The Balaban J connectivity index is 2.11. The highest BCUT2D eigenvalue weighted by atomic mass is 16.5. The standard InChI is InChI=1S/C12H20N4O2/c1-3-8-4-6-12(13,7-5-8)11-15-9(16-18-11)10(17)14-2/h8H,3-7,13H2,1-2H3,(H,14,17). The lowest BCUT2D eigenvalue weighted by Crippen LogP contribution is -2.40. The molecular weight excluding hydrogens is 232 g/mol. The molecule has 1 saturated carbocycles. The van der Waals surface area contributed by atoms with E-state index in [-0.39, 0.29) is 11.7 Å². The topological polar surface area (TPSA) is 94.0 Å². The van der Waals surface area contributed by atoms with Gasteiger partial charge in [-0.25, -0.2) is 0 Å². The average molecular weight is 252 g/mol. The molecule has 6 nitrogen and oxygen atoms in total. The van der Waals surface area contributed by atoms with Crippen LogP contribution in [0.5, 0.6) is 0 Å². The highest BCUT2D eigenvalue weighted by Crippen LogP contribution is 2.37. The maximum atomic E-state index is 11.4. The summed E-state index contributed by atoms with van der Waals surface area (Å²) in [4.78, 5) is 15.5. The number of nitrogens with one attached hydrogen (secondary N) is 1. The molecule has 3 N–H and O–H groups in total. The Kier molecular flexibility index (Phi) is 3.65. The molecule has 1 heterocycles. The van der Waals surface area contributed by atoms with Crippen LogP contribution in [0.4, 0.5) is 0 Å². The van der Waals surface area contributed by atoms with Crippen LogP contribution in [0.15, 0.2) is 4.52 Å². The summed E-state index contributed by atoms with van der Waals surface area (Å²) >= 11 is 0. The van der Waals surface area contributed by atoms with Crippen molar-refractivity contribution in [2.75, 3.05) is 7.05 Å². The van der Waals surface area contributed by atoms with Crippen molar-refractivity contribution >= 4 is 5.91 Å². The zero-order valence-electron chi connectivity index (χ0n) is 10.9. The molecule has 0 saturated heterocycles. The fraction of sp³-hybridized carbons (Fsp3) is 0.750. The summed E-state index contributed by atoms with van der Waals surface area (Å²) < 4.78 is 5.15. The molecule has 0 spiro atoms. The van der Waals surface area contributed by atoms with E-state index in [1.165, 1.54) is 13.5 Å². The van der Waals surface area contributed by atoms with Crippen molar-refractivity contribution < 1.29 is 9.32 Å². The minimum absolute atomic E-state index is 0.0509. The molecule has 0 bridgehead atoms. The van der Waals surface area contributed by atoms with Gasteiger partial charge in [0.2, 0.25) is 5.89 Å². The second-order valence-electron chi connectivity index (χ2n) is 5.01. The Morgan fingerprint density at radius 3 is 2.78 bits per heavy atom. The van der Waals surface area contributed by atoms with Crippen LogP contribution in [0.2, 0.25) is 0 Å². The third kappa shape index (κ3) is 2.38. The summed E-state index contributed by atoms with van der Waals surface area (Å²) in [5.41, 5.74) is 5.76. The number of aromatic nitrogens is 2. The molecule has 2 rings (SSSR count). The summed E-state index contributed by atoms with van der Waals surface area (Å²) in [5.74, 6) is 0.824. The normalized spacial score (nSPS) is 28.1. The molecule has 1 aromatic rings. The van der Waals surface area contributed by atoms with Gasteiger partial charge in [0.25, 0.3) is 11.7 Å². The van der Waals surface area contributed by atoms with E-state index >= 15 is 0 Å². The van der Waals surface area contributed by atoms with Gasteiger partial charge >= 0.3 is 0 Å². The molecule has 0 unspecified atom stereocenters. The largest absolute Gasteiger partial charge is 0.352 e. The van der Waals surface area contributed by atoms with Crippen molar-refractivity contribution in [1.29, 1.82) is 0 Å². The second kappa shape index (κ2) is 5.06. The molecule has 1 aromatic heterocycles. The number of rotatable bonds is 3. The SMILES string of the molecule is CCC1CCC(N)(c2nc(C(=O)NC)no2)CC1. The first kappa shape index (κ1) is 13.0. The molecule has 0 aliphatic heterocycles. The van der Waals surface area contributed by atoms with Gasteiger partial charge in [-0.2, -0.15) is 4.98 Å². The molecule has 0 atom stereocenters. The van der Waals surface area contributed by atoms with Gasteiger partial charge in [0.05, 0.1) is 5.54 Å². The first-order valence-corrected chi connectivity index (χ1v) is 6.44. The van der Waals surface area contributed by atoms with Crippen molar-refractivity contribution in [2.45, 2.75) is 44.6 Å². The van der Waals surface area contributed by atoms with Crippen LogP contribution >= 0.6 is 0 Å². The highest BCUT2D eigenvalue weighted by molar-refractivity contribution is 5.89. The highest BCUT2D eigenvalue weighted by Gasteiger charge is 2.38. The molecule has 1 aliphatic rings. The van der Waals surface area contributed by atoms with Gasteiger partial charge in [-0.05, 0) is 31.6 Å². The predicted molar refractivity (Wildman–Crippen MR) is 65.8 cm³/mol. The monoisotopic (exact) mass is 252 g/mol. The lowest BCUT2D eigenvalue weighted by Gasteiger charge is -2.33. The Morgan fingerprint density at radius 2 is 2.22 bits per heavy atom. The fourth-order valence-corrected chi connectivity index (χ4v) is 2.44. The summed E-state index contributed by atoms with van der Waals surface area (Å²) in [6.45, 7) is 2.20. The molecule has 18 heavy (non-hydrogen) atoms. The van der Waals surface area contributed by atoms with Crippen molar-refractivity contribution in [2.24, 2.45) is 11.7 Å². The van der Waals surface area contributed by atoms with Gasteiger partial charge in [0, 0.05) is 7.05 Å². The lowest BCUT2D eigenvalue weighted by atomic mass is 9.76. The number of hydrogen-bond acceptors (Lipinski definition) is 5. The van der Waals surface area contributed by atoms with E-state index < -0.39 is 5.54 Å². The van der Waals surface area contributed by atoms with Gasteiger partial charge in [0.15, 0.2) is 0 Å². The first-order valence-electron chi connectivity index (χ1n) is 6.44. The number of carbonyl (C=O) groups excluding carboxylic acids is 1. The maximum Gasteiger partial charge on any atom is 0.292 e. The van der Waals surface area contributed by atoms with Gasteiger partial charge in [-0.1, -0.05) is 18.5 Å². The Bertz CT molecular complexity index is 421. The molecule has 0 aromatic carbocycles. The van der Waals surface area contributed by atoms with Crippen LogP contribution in [0.1, 0.15) is 55.5 Å². The van der Waals surface area contributed by atoms with Gasteiger partial charge in [-0.15, -0.1) is 0 Å². The van der Waals surface area contributed by atoms with Gasteiger partial charge in [0.1, 0.15) is 0 Å². The van der Waals surface area contributed by atoms with Crippen LogP contribution in [0.3, 0.4) is 0 Å². The van der Waals surface area contributed by atoms with E-state index in [2.05, 4.69) is 22.4 Å². The minimum atomic E-state index is -0.565. The van der Waals surface area contributed by atoms with Crippen molar-refractivity contribution in [3.05, 3.63) is 11.7 Å². The van der Waals surface area contributed by atoms with Crippen molar-refractivity contribution in [3.8, 4) is 0 Å². The third-order valence-corrected chi connectivity index (χ3v) is 3.86. The van der Waals surface area contributed by atoms with E-state index in [4.69, 9.17) is 10.3 Å². The number of nitrogens with zero attached hydrogens (tertiary/aromatic N) is 2. The quantitative estimate of drug-likeness (QED) is 0.842. The van der Waals surface area contributed by atoms with Crippen molar-refractivity contribution in [1.82, 2.24) is 15.5 Å². The maximum absolute atomic E-state index is 11.4. The molecule has 1 fully saturated rings. The number of nitrogens with two attached hydrogens (primary N) is 1. The lowest BCUT2D eigenvalue weighted by molar-refractivity contribution is 0.0949. The number of carbonyl (C=O) groups is 1. The average Bonchev–Trinajstić information content (AvgIpc) is 2.89. The fourth-order valence-electron chi connectivity index (χ4n) is 2.44. The second-order valence-corrected chi connectivity index (χ2v) is 5.01. The smallest absolute Gasteiger partial charge is 0.292 e. The van der Waals surface area contributed by atoms with E-state index in [0.717, 1.165) is 31.6 Å². The van der Waals surface area contributed by atoms with E-state index in [1.54, 1.807) is 0 Å². The third-order valence-electron chi connectivity index (χ3n) is 3.86. The minimum Gasteiger partial charge on any atom is -0.352 e. The molecular formula is C12H20N4O2. The van der Waals surface area contributed by atoms with Crippen LogP contribution in [-0.4, -0.2) is 23.1 Å². The van der Waals surface area contributed by atoms with Crippen LogP contribution in [0, 0.1) is 5.92 Å². The number of amides is 1. The van der Waals surface area contributed by atoms with Gasteiger partial charge in [-0.3, -0.25) is 4.79 Å². The first-order chi connectivity index (χ1) is 8.59. The zero-order valence-corrected chi connectivity index (χ0v) is 10.9. The molecule has 1 amide bonds.